The van der Waals surface area contributed by atoms with Crippen molar-refractivity contribution in [3.05, 3.63) is 41.9 Å². The highest BCUT2D eigenvalue weighted by atomic mass is 32.1. The molecule has 2 rings (SSSR count). The first-order valence-corrected chi connectivity index (χ1v) is 5.10. The van der Waals surface area contributed by atoms with Gasteiger partial charge in [0, 0.05) is 18.0 Å². The average molecular weight is 247 g/mol. The van der Waals surface area contributed by atoms with E-state index >= 15 is 0 Å². The monoisotopic (exact) mass is 247 g/mol. The Morgan fingerprint density at radius 2 is 2.06 bits per heavy atom. The molecule has 0 aromatic carbocycles. The minimum atomic E-state index is -0.580. The number of nitrogens with two attached hydrogens (primary N) is 2. The Kier molecular flexibility index (Phi) is 2.84. The maximum absolute atomic E-state index is 10.9. The molecule has 0 spiro atoms. The summed E-state index contributed by atoms with van der Waals surface area (Å²) in [5.41, 5.74) is 11.4. The molecule has 4 N–H and O–H groups in total. The Hall–Kier alpha value is -2.28. The summed E-state index contributed by atoms with van der Waals surface area (Å²) in [5.74, 6) is -0.0268. The Bertz CT molecular complexity index is 575. The number of primary amides is 1. The van der Waals surface area contributed by atoms with E-state index in [1.807, 2.05) is 0 Å². The molecule has 7 heteroatoms. The summed E-state index contributed by atoms with van der Waals surface area (Å²) < 4.78 is 1.45. The van der Waals surface area contributed by atoms with Crippen LogP contribution in [0.2, 0.25) is 0 Å². The fraction of sp³-hybridized carbons (Fsp3) is 0. The van der Waals surface area contributed by atoms with Crippen molar-refractivity contribution in [2.75, 3.05) is 0 Å². The van der Waals surface area contributed by atoms with E-state index in [4.69, 9.17) is 23.7 Å². The van der Waals surface area contributed by atoms with Gasteiger partial charge in [-0.3, -0.25) is 4.79 Å². The molecule has 0 aliphatic carbocycles. The van der Waals surface area contributed by atoms with Gasteiger partial charge in [0.2, 0.25) is 0 Å². The van der Waals surface area contributed by atoms with Gasteiger partial charge in [-0.15, -0.1) is 0 Å². The molecule has 17 heavy (non-hydrogen) atoms. The molecule has 0 bridgehead atoms. The van der Waals surface area contributed by atoms with E-state index < -0.39 is 5.91 Å². The zero-order valence-electron chi connectivity index (χ0n) is 8.70. The van der Waals surface area contributed by atoms with Crippen molar-refractivity contribution in [3.8, 4) is 5.82 Å². The first kappa shape index (κ1) is 11.2. The van der Waals surface area contributed by atoms with Crippen LogP contribution in [0.5, 0.6) is 0 Å². The molecule has 86 valence electrons. The smallest absolute Gasteiger partial charge is 0.269 e. The number of thiocarbonyl (C=S) groups is 1. The lowest BCUT2D eigenvalue weighted by molar-refractivity contribution is 0.0995. The minimum Gasteiger partial charge on any atom is -0.389 e. The molecule has 0 aliphatic heterocycles. The first-order chi connectivity index (χ1) is 8.08. The van der Waals surface area contributed by atoms with Crippen LogP contribution in [0.3, 0.4) is 0 Å². The predicted octanol–water partition coefficient (Wildman–Crippen LogP) is 0.000400. The highest BCUT2D eigenvalue weighted by Crippen LogP contribution is 2.06. The standard InChI is InChI=1S/C10H9N5OS/c11-9(16)7-3-4-15(14-7)8-2-1-6(5-13-8)10(12)17/h1-5H,(H2,11,16)(H2,12,17). The summed E-state index contributed by atoms with van der Waals surface area (Å²) in [6.45, 7) is 0. The molecule has 0 saturated carbocycles. The van der Waals surface area contributed by atoms with Crippen LogP contribution >= 0.6 is 12.2 Å². The minimum absolute atomic E-state index is 0.185. The van der Waals surface area contributed by atoms with Crippen LogP contribution in [0.1, 0.15) is 16.1 Å². The highest BCUT2D eigenvalue weighted by molar-refractivity contribution is 7.80. The maximum Gasteiger partial charge on any atom is 0.269 e. The first-order valence-electron chi connectivity index (χ1n) is 4.69. The van der Waals surface area contributed by atoms with E-state index in [1.165, 1.54) is 10.7 Å². The van der Waals surface area contributed by atoms with Crippen LogP contribution in [-0.2, 0) is 0 Å². The van der Waals surface area contributed by atoms with Gasteiger partial charge in [-0.05, 0) is 18.2 Å². The molecule has 6 nitrogen and oxygen atoms in total. The second-order valence-corrected chi connectivity index (χ2v) is 3.72. The third-order valence-corrected chi connectivity index (χ3v) is 2.34. The lowest BCUT2D eigenvalue weighted by Crippen LogP contribution is -2.13. The van der Waals surface area contributed by atoms with Crippen molar-refractivity contribution in [3.63, 3.8) is 0 Å². The van der Waals surface area contributed by atoms with E-state index in [2.05, 4.69) is 10.1 Å². The molecule has 0 unspecified atom stereocenters. The van der Waals surface area contributed by atoms with Crippen molar-refractivity contribution < 1.29 is 4.79 Å². The number of rotatable bonds is 3. The average Bonchev–Trinajstić information content (AvgIpc) is 2.78. The van der Waals surface area contributed by atoms with Gasteiger partial charge in [0.05, 0.1) is 0 Å². The Balaban J connectivity index is 2.33. The molecule has 0 atom stereocenters. The number of hydrogen-bond acceptors (Lipinski definition) is 4. The number of carbonyl (C=O) groups is 1. The van der Waals surface area contributed by atoms with Gasteiger partial charge in [-0.25, -0.2) is 9.67 Å². The predicted molar refractivity (Wildman–Crippen MR) is 65.8 cm³/mol. The third-order valence-electron chi connectivity index (χ3n) is 2.11. The lowest BCUT2D eigenvalue weighted by Gasteiger charge is -2.01. The quantitative estimate of drug-likeness (QED) is 0.744. The molecule has 0 aliphatic rings. The van der Waals surface area contributed by atoms with Crippen molar-refractivity contribution in [1.82, 2.24) is 14.8 Å². The van der Waals surface area contributed by atoms with Gasteiger partial charge >= 0.3 is 0 Å². The van der Waals surface area contributed by atoms with Crippen molar-refractivity contribution in [1.29, 1.82) is 0 Å². The molecule has 0 radical (unpaired) electrons. The number of hydrogen-bond donors (Lipinski definition) is 2. The fourth-order valence-electron chi connectivity index (χ4n) is 1.25. The van der Waals surface area contributed by atoms with E-state index in [0.29, 0.717) is 11.4 Å². The number of amides is 1. The lowest BCUT2D eigenvalue weighted by atomic mass is 10.3. The summed E-state index contributed by atoms with van der Waals surface area (Å²) in [6.07, 6.45) is 3.14. The summed E-state index contributed by atoms with van der Waals surface area (Å²) in [6, 6.07) is 4.95. The van der Waals surface area contributed by atoms with Crippen molar-refractivity contribution >= 4 is 23.1 Å². The van der Waals surface area contributed by atoms with Gasteiger partial charge in [0.1, 0.15) is 10.7 Å². The maximum atomic E-state index is 10.9. The largest absolute Gasteiger partial charge is 0.389 e. The second-order valence-electron chi connectivity index (χ2n) is 3.28. The molecular weight excluding hydrogens is 238 g/mol. The van der Waals surface area contributed by atoms with Crippen LogP contribution < -0.4 is 11.5 Å². The van der Waals surface area contributed by atoms with Crippen LogP contribution in [0, 0.1) is 0 Å². The second kappa shape index (κ2) is 4.30. The van der Waals surface area contributed by atoms with E-state index in [-0.39, 0.29) is 10.7 Å². The number of aromatic nitrogens is 3. The Morgan fingerprint density at radius 1 is 1.29 bits per heavy atom. The van der Waals surface area contributed by atoms with Crippen LogP contribution in [0.25, 0.3) is 5.82 Å². The number of carbonyl (C=O) groups excluding carboxylic acids is 1. The van der Waals surface area contributed by atoms with Crippen molar-refractivity contribution in [2.45, 2.75) is 0 Å². The molecule has 2 heterocycles. The zero-order chi connectivity index (χ0) is 12.4. The molecule has 0 saturated heterocycles. The number of pyridine rings is 1. The van der Waals surface area contributed by atoms with Gasteiger partial charge in [-0.1, -0.05) is 12.2 Å². The normalized spacial score (nSPS) is 10.1. The third kappa shape index (κ3) is 2.28. The van der Waals surface area contributed by atoms with E-state index in [9.17, 15) is 4.79 Å². The molecular formula is C10H9N5OS. The van der Waals surface area contributed by atoms with Gasteiger partial charge in [0.15, 0.2) is 5.82 Å². The summed E-state index contributed by atoms with van der Waals surface area (Å²) in [7, 11) is 0. The van der Waals surface area contributed by atoms with Gasteiger partial charge in [0.25, 0.3) is 5.91 Å². The molecule has 1 amide bonds. The summed E-state index contributed by atoms with van der Waals surface area (Å²) >= 11 is 4.81. The molecule has 2 aromatic heterocycles. The highest BCUT2D eigenvalue weighted by Gasteiger charge is 2.06. The van der Waals surface area contributed by atoms with Gasteiger partial charge < -0.3 is 11.5 Å². The van der Waals surface area contributed by atoms with E-state index in [0.717, 1.165) is 0 Å². The van der Waals surface area contributed by atoms with Crippen LogP contribution in [0.4, 0.5) is 0 Å². The van der Waals surface area contributed by atoms with Crippen molar-refractivity contribution in [2.24, 2.45) is 11.5 Å². The van der Waals surface area contributed by atoms with Crippen LogP contribution in [0.15, 0.2) is 30.6 Å². The summed E-state index contributed by atoms with van der Waals surface area (Å²) in [5, 5.41) is 3.97. The topological polar surface area (TPSA) is 99.8 Å². The van der Waals surface area contributed by atoms with E-state index in [1.54, 1.807) is 24.5 Å². The SMILES string of the molecule is NC(=O)c1ccn(-c2ccc(C(N)=S)cn2)n1. The Morgan fingerprint density at radius 3 is 2.53 bits per heavy atom. The van der Waals surface area contributed by atoms with Gasteiger partial charge in [-0.2, -0.15) is 5.10 Å². The molecule has 2 aromatic rings. The summed E-state index contributed by atoms with van der Waals surface area (Å²) in [4.78, 5) is 15.3. The van der Waals surface area contributed by atoms with Crippen LogP contribution in [-0.4, -0.2) is 25.7 Å². The molecule has 0 fully saturated rings. The number of nitrogens with zero attached hydrogens (tertiary/aromatic N) is 3. The Labute approximate surface area is 102 Å². The zero-order valence-corrected chi connectivity index (χ0v) is 9.52. The fourth-order valence-corrected chi connectivity index (χ4v) is 1.37.